The Kier molecular flexibility index (Phi) is 3.19. The highest BCUT2D eigenvalue weighted by Gasteiger charge is 2.35. The average Bonchev–Trinajstić information content (AvgIpc) is 2.80. The molecule has 2 atom stereocenters. The van der Waals surface area contributed by atoms with E-state index in [0.717, 1.165) is 37.3 Å². The standard InChI is InChI=1S/C15H20N2O2/c1-11(18)13-4-2-3-5-14(13)16-8-9-17-12(10-16)6-7-15(17)19/h2-5,11-12,18H,6-10H2,1H3. The average molecular weight is 260 g/mol. The summed E-state index contributed by atoms with van der Waals surface area (Å²) < 4.78 is 0. The molecule has 102 valence electrons. The molecular weight excluding hydrogens is 240 g/mol. The monoisotopic (exact) mass is 260 g/mol. The summed E-state index contributed by atoms with van der Waals surface area (Å²) in [4.78, 5) is 16.0. The maximum absolute atomic E-state index is 11.7. The van der Waals surface area contributed by atoms with E-state index < -0.39 is 6.10 Å². The van der Waals surface area contributed by atoms with Crippen LogP contribution in [0.5, 0.6) is 0 Å². The van der Waals surface area contributed by atoms with Crippen LogP contribution in [0.25, 0.3) is 0 Å². The number of hydrogen-bond donors (Lipinski definition) is 1. The van der Waals surface area contributed by atoms with Gasteiger partial charge < -0.3 is 14.9 Å². The van der Waals surface area contributed by atoms with Crippen LogP contribution in [0.3, 0.4) is 0 Å². The van der Waals surface area contributed by atoms with Crippen LogP contribution in [-0.2, 0) is 4.79 Å². The molecule has 1 aromatic rings. The quantitative estimate of drug-likeness (QED) is 0.877. The molecule has 0 spiro atoms. The van der Waals surface area contributed by atoms with E-state index in [2.05, 4.69) is 11.0 Å². The molecule has 0 radical (unpaired) electrons. The second-order valence-corrected chi connectivity index (χ2v) is 5.46. The van der Waals surface area contributed by atoms with Crippen molar-refractivity contribution < 1.29 is 9.90 Å². The van der Waals surface area contributed by atoms with Gasteiger partial charge in [0.1, 0.15) is 0 Å². The van der Waals surface area contributed by atoms with Gasteiger partial charge in [-0.1, -0.05) is 18.2 Å². The summed E-state index contributed by atoms with van der Waals surface area (Å²) in [6.07, 6.45) is 1.20. The third-order valence-electron chi connectivity index (χ3n) is 4.22. The fourth-order valence-electron chi connectivity index (χ4n) is 3.21. The molecule has 2 aliphatic rings. The van der Waals surface area contributed by atoms with E-state index in [4.69, 9.17) is 0 Å². The first kappa shape index (κ1) is 12.5. The summed E-state index contributed by atoms with van der Waals surface area (Å²) in [6, 6.07) is 8.36. The zero-order valence-electron chi connectivity index (χ0n) is 11.2. The zero-order valence-corrected chi connectivity index (χ0v) is 11.2. The van der Waals surface area contributed by atoms with Crippen LogP contribution in [0, 0.1) is 0 Å². The maximum Gasteiger partial charge on any atom is 0.223 e. The predicted molar refractivity (Wildman–Crippen MR) is 74.0 cm³/mol. The van der Waals surface area contributed by atoms with Crippen molar-refractivity contribution in [3.8, 4) is 0 Å². The first-order valence-corrected chi connectivity index (χ1v) is 6.98. The van der Waals surface area contributed by atoms with Crippen molar-refractivity contribution >= 4 is 11.6 Å². The molecule has 4 nitrogen and oxygen atoms in total. The number of aliphatic hydroxyl groups excluding tert-OH is 1. The van der Waals surface area contributed by atoms with E-state index in [9.17, 15) is 9.90 Å². The minimum Gasteiger partial charge on any atom is -0.389 e. The Morgan fingerprint density at radius 2 is 2.11 bits per heavy atom. The Hall–Kier alpha value is -1.55. The van der Waals surface area contributed by atoms with Crippen molar-refractivity contribution in [3.63, 3.8) is 0 Å². The molecular formula is C15H20N2O2. The van der Waals surface area contributed by atoms with Gasteiger partial charge in [-0.15, -0.1) is 0 Å². The molecule has 0 aliphatic carbocycles. The number of fused-ring (bicyclic) bond motifs is 1. The van der Waals surface area contributed by atoms with Crippen molar-refractivity contribution in [2.75, 3.05) is 24.5 Å². The summed E-state index contributed by atoms with van der Waals surface area (Å²) >= 11 is 0. The topological polar surface area (TPSA) is 43.8 Å². The van der Waals surface area contributed by atoms with E-state index in [0.29, 0.717) is 18.4 Å². The Morgan fingerprint density at radius 3 is 2.89 bits per heavy atom. The molecule has 2 unspecified atom stereocenters. The van der Waals surface area contributed by atoms with Crippen molar-refractivity contribution in [2.45, 2.75) is 31.9 Å². The Morgan fingerprint density at radius 1 is 1.32 bits per heavy atom. The van der Waals surface area contributed by atoms with Gasteiger partial charge in [0.05, 0.1) is 6.10 Å². The van der Waals surface area contributed by atoms with E-state index in [-0.39, 0.29) is 0 Å². The molecule has 2 aliphatic heterocycles. The maximum atomic E-state index is 11.7. The Labute approximate surface area is 113 Å². The van der Waals surface area contributed by atoms with Crippen LogP contribution in [0.1, 0.15) is 31.4 Å². The van der Waals surface area contributed by atoms with Gasteiger partial charge in [0.25, 0.3) is 0 Å². The fraction of sp³-hybridized carbons (Fsp3) is 0.533. The largest absolute Gasteiger partial charge is 0.389 e. The normalized spacial score (nSPS) is 24.5. The highest BCUT2D eigenvalue weighted by Crippen LogP contribution is 2.30. The smallest absolute Gasteiger partial charge is 0.223 e. The van der Waals surface area contributed by atoms with Crippen LogP contribution in [-0.4, -0.2) is 41.6 Å². The first-order valence-electron chi connectivity index (χ1n) is 6.98. The molecule has 19 heavy (non-hydrogen) atoms. The molecule has 2 fully saturated rings. The molecule has 4 heteroatoms. The number of para-hydroxylation sites is 1. The van der Waals surface area contributed by atoms with E-state index >= 15 is 0 Å². The highest BCUT2D eigenvalue weighted by atomic mass is 16.3. The minimum atomic E-state index is -0.459. The minimum absolute atomic E-state index is 0.300. The summed E-state index contributed by atoms with van der Waals surface area (Å²) in [5.41, 5.74) is 2.08. The van der Waals surface area contributed by atoms with Gasteiger partial charge in [0.2, 0.25) is 5.91 Å². The molecule has 2 saturated heterocycles. The van der Waals surface area contributed by atoms with E-state index in [1.807, 2.05) is 23.1 Å². The number of carbonyl (C=O) groups is 1. The molecule has 1 amide bonds. The first-order chi connectivity index (χ1) is 9.16. The van der Waals surface area contributed by atoms with Gasteiger partial charge in [-0.2, -0.15) is 0 Å². The summed E-state index contributed by atoms with van der Waals surface area (Å²) in [5, 5.41) is 9.87. The number of piperazine rings is 1. The van der Waals surface area contributed by atoms with Gasteiger partial charge >= 0.3 is 0 Å². The van der Waals surface area contributed by atoms with Crippen molar-refractivity contribution in [1.82, 2.24) is 4.90 Å². The number of anilines is 1. The zero-order chi connectivity index (χ0) is 13.4. The third-order valence-corrected chi connectivity index (χ3v) is 4.22. The molecule has 1 N–H and O–H groups in total. The van der Waals surface area contributed by atoms with E-state index in [1.165, 1.54) is 0 Å². The Bertz CT molecular complexity index is 487. The van der Waals surface area contributed by atoms with Crippen LogP contribution < -0.4 is 4.90 Å². The number of rotatable bonds is 2. The Balaban J connectivity index is 1.83. The van der Waals surface area contributed by atoms with E-state index in [1.54, 1.807) is 6.92 Å². The molecule has 2 heterocycles. The summed E-state index contributed by atoms with van der Waals surface area (Å²) in [6.45, 7) is 4.34. The lowest BCUT2D eigenvalue weighted by Gasteiger charge is -2.39. The van der Waals surface area contributed by atoms with Crippen LogP contribution in [0.4, 0.5) is 5.69 Å². The van der Waals surface area contributed by atoms with Gasteiger partial charge in [0.15, 0.2) is 0 Å². The number of benzene rings is 1. The van der Waals surface area contributed by atoms with Gasteiger partial charge in [-0.05, 0) is 19.4 Å². The van der Waals surface area contributed by atoms with Gasteiger partial charge in [0, 0.05) is 43.3 Å². The van der Waals surface area contributed by atoms with Crippen molar-refractivity contribution in [2.24, 2.45) is 0 Å². The SMILES string of the molecule is CC(O)c1ccccc1N1CCN2C(=O)CCC2C1. The third kappa shape index (κ3) is 2.21. The second kappa shape index (κ2) is 4.85. The van der Waals surface area contributed by atoms with Crippen LogP contribution >= 0.6 is 0 Å². The van der Waals surface area contributed by atoms with Crippen molar-refractivity contribution in [1.29, 1.82) is 0 Å². The number of aliphatic hydroxyl groups is 1. The number of nitrogens with zero attached hydrogens (tertiary/aromatic N) is 2. The fourth-order valence-corrected chi connectivity index (χ4v) is 3.21. The molecule has 3 rings (SSSR count). The van der Waals surface area contributed by atoms with Gasteiger partial charge in [-0.25, -0.2) is 0 Å². The van der Waals surface area contributed by atoms with Crippen LogP contribution in [0.15, 0.2) is 24.3 Å². The number of hydrogen-bond acceptors (Lipinski definition) is 3. The number of carbonyl (C=O) groups excluding carboxylic acids is 1. The van der Waals surface area contributed by atoms with Gasteiger partial charge in [-0.3, -0.25) is 4.79 Å². The van der Waals surface area contributed by atoms with Crippen LogP contribution in [0.2, 0.25) is 0 Å². The molecule has 1 aromatic carbocycles. The molecule has 0 bridgehead atoms. The lowest BCUT2D eigenvalue weighted by Crippen LogP contribution is -2.51. The molecule has 0 aromatic heterocycles. The second-order valence-electron chi connectivity index (χ2n) is 5.46. The lowest BCUT2D eigenvalue weighted by molar-refractivity contribution is -0.129. The summed E-state index contributed by atoms with van der Waals surface area (Å²) in [7, 11) is 0. The lowest BCUT2D eigenvalue weighted by atomic mass is 10.1. The predicted octanol–water partition coefficient (Wildman–Crippen LogP) is 1.55. The number of amides is 1. The summed E-state index contributed by atoms with van der Waals surface area (Å²) in [5.74, 6) is 0.300. The van der Waals surface area contributed by atoms with Crippen molar-refractivity contribution in [3.05, 3.63) is 29.8 Å². The molecule has 0 saturated carbocycles. The highest BCUT2D eigenvalue weighted by molar-refractivity contribution is 5.79.